The molecular weight excluding hydrogens is 603 g/mol. The fourth-order valence-corrected chi connectivity index (χ4v) is 9.10. The van der Waals surface area contributed by atoms with Crippen LogP contribution < -0.4 is 0 Å². The summed E-state index contributed by atoms with van der Waals surface area (Å²) in [6.07, 6.45) is 0. The Kier molecular flexibility index (Phi) is 5.26. The Hall–Kier alpha value is -6.10. The second-order valence-corrected chi connectivity index (χ2v) is 13.6. The maximum Gasteiger partial charge on any atom is 0.235 e. The lowest BCUT2D eigenvalue weighted by Crippen LogP contribution is -2.04. The maximum absolute atomic E-state index is 5.45. The summed E-state index contributed by atoms with van der Waals surface area (Å²) in [4.78, 5) is 10.8. The van der Waals surface area contributed by atoms with Gasteiger partial charge in [0, 0.05) is 52.7 Å². The molecular formula is C44H25N3S. The van der Waals surface area contributed by atoms with Gasteiger partial charge in [0.2, 0.25) is 5.95 Å². The van der Waals surface area contributed by atoms with Crippen molar-refractivity contribution in [3.8, 4) is 17.2 Å². The number of aromatic nitrogens is 3. The van der Waals surface area contributed by atoms with Crippen LogP contribution in [0.15, 0.2) is 152 Å². The molecule has 0 N–H and O–H groups in total. The topological polar surface area (TPSA) is 30.7 Å². The van der Waals surface area contributed by atoms with Crippen molar-refractivity contribution in [1.82, 2.24) is 14.5 Å². The molecule has 0 aliphatic heterocycles. The summed E-state index contributed by atoms with van der Waals surface area (Å²) in [6, 6.07) is 54.6. The molecule has 4 heteroatoms. The lowest BCUT2D eigenvalue weighted by atomic mass is 9.98. The van der Waals surface area contributed by atoms with Gasteiger partial charge in [-0.1, -0.05) is 133 Å². The Labute approximate surface area is 278 Å². The number of nitrogens with zero attached hydrogens (tertiary/aromatic N) is 3. The molecule has 11 aromatic rings. The monoisotopic (exact) mass is 627 g/mol. The molecule has 3 nitrogen and oxygen atoms in total. The molecule has 0 aliphatic rings. The lowest BCUT2D eigenvalue weighted by molar-refractivity contribution is 1.02. The minimum atomic E-state index is 0.676. The number of rotatable bonds is 2. The molecule has 0 saturated carbocycles. The standard InChI is InChI=1S/C44H25N3S/c1-2-11-27(12-3-1)41-40-28-13-5-4-10-26(28)18-25-37(40)45-44(46-41)47-38-16-8-6-14-31(38)34-21-19-29-30-20-23-36-32-15-7-9-17-39(32)48-43(36)35(30)24-22-33(29)42(34)47/h1-25H. The van der Waals surface area contributed by atoms with E-state index in [2.05, 4.69) is 156 Å². The zero-order valence-electron chi connectivity index (χ0n) is 25.7. The number of para-hydroxylation sites is 1. The van der Waals surface area contributed by atoms with Gasteiger partial charge in [0.15, 0.2) is 0 Å². The first kappa shape index (κ1) is 26.0. The largest absolute Gasteiger partial charge is 0.277 e. The summed E-state index contributed by atoms with van der Waals surface area (Å²) in [5, 5.41) is 13.4. The van der Waals surface area contributed by atoms with Gasteiger partial charge in [-0.25, -0.2) is 9.97 Å². The Morgan fingerprint density at radius 3 is 1.92 bits per heavy atom. The Morgan fingerprint density at radius 1 is 0.438 bits per heavy atom. The minimum absolute atomic E-state index is 0.676. The highest BCUT2D eigenvalue weighted by Gasteiger charge is 2.21. The van der Waals surface area contributed by atoms with Gasteiger partial charge in [-0.3, -0.25) is 4.57 Å². The molecule has 222 valence electrons. The highest BCUT2D eigenvalue weighted by Crippen LogP contribution is 2.43. The molecule has 0 unspecified atom stereocenters. The number of hydrogen-bond acceptors (Lipinski definition) is 3. The third kappa shape index (κ3) is 3.52. The molecule has 0 aliphatic carbocycles. The average Bonchev–Trinajstić information content (AvgIpc) is 3.71. The van der Waals surface area contributed by atoms with E-state index in [1.54, 1.807) is 0 Å². The number of fused-ring (bicyclic) bond motifs is 14. The lowest BCUT2D eigenvalue weighted by Gasteiger charge is -2.14. The molecule has 0 fully saturated rings. The second kappa shape index (κ2) is 9.71. The summed E-state index contributed by atoms with van der Waals surface area (Å²) in [5.41, 5.74) is 5.18. The molecule has 0 amide bonds. The van der Waals surface area contributed by atoms with Crippen LogP contribution in [0.5, 0.6) is 0 Å². The SMILES string of the molecule is c1ccc(-c2nc(-n3c4ccccc4c4ccc5c6ccc7c8ccccc8sc7c6ccc5c43)nc3ccc4ccccc4c23)cc1. The van der Waals surface area contributed by atoms with Gasteiger partial charge < -0.3 is 0 Å². The van der Waals surface area contributed by atoms with Crippen molar-refractivity contribution in [3.05, 3.63) is 152 Å². The first-order valence-corrected chi connectivity index (χ1v) is 17.1. The molecule has 3 aromatic heterocycles. The zero-order valence-corrected chi connectivity index (χ0v) is 26.5. The number of benzene rings is 8. The molecule has 0 radical (unpaired) electrons. The van der Waals surface area contributed by atoms with E-state index in [-0.39, 0.29) is 0 Å². The Morgan fingerprint density at radius 2 is 1.06 bits per heavy atom. The Balaban J connectivity index is 1.28. The van der Waals surface area contributed by atoms with E-state index in [1.807, 2.05) is 11.3 Å². The van der Waals surface area contributed by atoms with Crippen LogP contribution in [0, 0.1) is 0 Å². The van der Waals surface area contributed by atoms with Crippen LogP contribution in [-0.4, -0.2) is 14.5 Å². The van der Waals surface area contributed by atoms with Crippen LogP contribution in [0.25, 0.3) is 102 Å². The van der Waals surface area contributed by atoms with Crippen molar-refractivity contribution in [1.29, 1.82) is 0 Å². The maximum atomic E-state index is 5.45. The van der Waals surface area contributed by atoms with Crippen LogP contribution in [0.2, 0.25) is 0 Å². The smallest absolute Gasteiger partial charge is 0.235 e. The molecule has 0 spiro atoms. The van der Waals surface area contributed by atoms with E-state index in [1.165, 1.54) is 57.9 Å². The van der Waals surface area contributed by atoms with Gasteiger partial charge in [-0.15, -0.1) is 11.3 Å². The van der Waals surface area contributed by atoms with Crippen molar-refractivity contribution in [3.63, 3.8) is 0 Å². The quantitative estimate of drug-likeness (QED) is 0.179. The van der Waals surface area contributed by atoms with Gasteiger partial charge in [-0.05, 0) is 39.7 Å². The fourth-order valence-electron chi connectivity index (χ4n) is 7.87. The van der Waals surface area contributed by atoms with Crippen molar-refractivity contribution in [2.24, 2.45) is 0 Å². The van der Waals surface area contributed by atoms with Crippen molar-refractivity contribution >= 4 is 96.5 Å². The predicted molar refractivity (Wildman–Crippen MR) is 205 cm³/mol. The highest BCUT2D eigenvalue weighted by atomic mass is 32.1. The van der Waals surface area contributed by atoms with E-state index in [4.69, 9.17) is 9.97 Å². The van der Waals surface area contributed by atoms with Crippen molar-refractivity contribution in [2.45, 2.75) is 0 Å². The fraction of sp³-hybridized carbons (Fsp3) is 0. The third-order valence-corrected chi connectivity index (χ3v) is 11.2. The molecule has 3 heterocycles. The first-order valence-electron chi connectivity index (χ1n) is 16.3. The summed E-state index contributed by atoms with van der Waals surface area (Å²) >= 11 is 1.88. The molecule has 0 saturated heterocycles. The number of thiophene rings is 1. The van der Waals surface area contributed by atoms with Crippen LogP contribution in [0.4, 0.5) is 0 Å². The summed E-state index contributed by atoms with van der Waals surface area (Å²) in [5.74, 6) is 0.676. The van der Waals surface area contributed by atoms with E-state index in [9.17, 15) is 0 Å². The van der Waals surface area contributed by atoms with Gasteiger partial charge in [0.25, 0.3) is 0 Å². The summed E-state index contributed by atoms with van der Waals surface area (Å²) < 4.78 is 4.96. The van der Waals surface area contributed by atoms with E-state index in [0.29, 0.717) is 5.95 Å². The average molecular weight is 628 g/mol. The van der Waals surface area contributed by atoms with Crippen molar-refractivity contribution in [2.75, 3.05) is 0 Å². The molecule has 11 rings (SSSR count). The van der Waals surface area contributed by atoms with E-state index in [0.717, 1.165) is 38.6 Å². The zero-order chi connectivity index (χ0) is 31.3. The molecule has 48 heavy (non-hydrogen) atoms. The Bertz CT molecular complexity index is 3120. The van der Waals surface area contributed by atoms with Gasteiger partial charge in [-0.2, -0.15) is 0 Å². The minimum Gasteiger partial charge on any atom is -0.277 e. The van der Waals surface area contributed by atoms with Crippen LogP contribution in [0.1, 0.15) is 0 Å². The van der Waals surface area contributed by atoms with Crippen LogP contribution in [-0.2, 0) is 0 Å². The van der Waals surface area contributed by atoms with Gasteiger partial charge >= 0.3 is 0 Å². The molecule has 8 aromatic carbocycles. The summed E-state index contributed by atoms with van der Waals surface area (Å²) in [7, 11) is 0. The van der Waals surface area contributed by atoms with Gasteiger partial charge in [0.05, 0.1) is 22.2 Å². The number of hydrogen-bond donors (Lipinski definition) is 0. The van der Waals surface area contributed by atoms with E-state index < -0.39 is 0 Å². The predicted octanol–water partition coefficient (Wildman–Crippen LogP) is 12.2. The van der Waals surface area contributed by atoms with Crippen molar-refractivity contribution < 1.29 is 0 Å². The van der Waals surface area contributed by atoms with Gasteiger partial charge in [0.1, 0.15) is 0 Å². The van der Waals surface area contributed by atoms with Crippen LogP contribution >= 0.6 is 11.3 Å². The first-order chi connectivity index (χ1) is 23.8. The van der Waals surface area contributed by atoms with E-state index >= 15 is 0 Å². The summed E-state index contributed by atoms with van der Waals surface area (Å²) in [6.45, 7) is 0. The molecule has 0 bridgehead atoms. The second-order valence-electron chi connectivity index (χ2n) is 12.5. The normalized spacial score (nSPS) is 12.2. The third-order valence-electron chi connectivity index (χ3n) is 9.99. The molecule has 0 atom stereocenters. The van der Waals surface area contributed by atoms with Crippen LogP contribution in [0.3, 0.4) is 0 Å². The highest BCUT2D eigenvalue weighted by molar-refractivity contribution is 7.26.